The highest BCUT2D eigenvalue weighted by molar-refractivity contribution is 5.89. The van der Waals surface area contributed by atoms with Gasteiger partial charge in [0.25, 0.3) is 0 Å². The van der Waals surface area contributed by atoms with Gasteiger partial charge in [-0.05, 0) is 19.8 Å². The number of anilines is 1. The van der Waals surface area contributed by atoms with Crippen LogP contribution in [-0.4, -0.2) is 54.9 Å². The fourth-order valence-electron chi connectivity index (χ4n) is 2.69. The van der Waals surface area contributed by atoms with E-state index in [4.69, 9.17) is 15.0 Å². The summed E-state index contributed by atoms with van der Waals surface area (Å²) in [7, 11) is 1.74. The van der Waals surface area contributed by atoms with Gasteiger partial charge in [-0.15, -0.1) is 0 Å². The fourth-order valence-corrected chi connectivity index (χ4v) is 2.69. The Morgan fingerprint density at radius 1 is 1.67 bits per heavy atom. The predicted molar refractivity (Wildman–Crippen MR) is 78.9 cm³/mol. The predicted octanol–water partition coefficient (Wildman–Crippen LogP) is 0.750. The van der Waals surface area contributed by atoms with E-state index in [0.717, 1.165) is 19.4 Å². The molecule has 21 heavy (non-hydrogen) atoms. The second-order valence-electron chi connectivity index (χ2n) is 5.43. The minimum atomic E-state index is -0.0621. The molecule has 0 aliphatic carbocycles. The Balaban J connectivity index is 1.77. The van der Waals surface area contributed by atoms with Gasteiger partial charge in [0.15, 0.2) is 5.82 Å². The van der Waals surface area contributed by atoms with Gasteiger partial charge in [0, 0.05) is 45.3 Å². The number of hydrogen-bond donors (Lipinski definition) is 2. The van der Waals surface area contributed by atoms with Crippen molar-refractivity contribution in [2.45, 2.75) is 38.3 Å². The summed E-state index contributed by atoms with van der Waals surface area (Å²) in [6.07, 6.45) is 2.61. The van der Waals surface area contributed by atoms with Crippen LogP contribution in [0, 0.1) is 6.92 Å². The van der Waals surface area contributed by atoms with E-state index in [1.54, 1.807) is 20.1 Å². The molecule has 2 atom stereocenters. The van der Waals surface area contributed by atoms with Crippen LogP contribution in [0.25, 0.3) is 0 Å². The van der Waals surface area contributed by atoms with E-state index in [0.29, 0.717) is 31.1 Å². The zero-order valence-corrected chi connectivity index (χ0v) is 12.7. The largest absolute Gasteiger partial charge is 0.381 e. The van der Waals surface area contributed by atoms with E-state index in [-0.39, 0.29) is 18.1 Å². The number of ether oxygens (including phenoxy) is 1. The molecule has 2 unspecified atom stereocenters. The van der Waals surface area contributed by atoms with E-state index in [1.165, 1.54) is 0 Å². The van der Waals surface area contributed by atoms with Crippen molar-refractivity contribution in [3.05, 3.63) is 11.8 Å². The number of carbonyl (C=O) groups is 1. The first-order chi connectivity index (χ1) is 10.1. The molecule has 3 N–H and O–H groups in total. The summed E-state index contributed by atoms with van der Waals surface area (Å²) in [5.41, 5.74) is 5.82. The Morgan fingerprint density at radius 2 is 2.48 bits per heavy atom. The Hall–Kier alpha value is -1.44. The molecule has 0 radical (unpaired) electrons. The molecule has 2 heterocycles. The van der Waals surface area contributed by atoms with Crippen LogP contribution in [0.4, 0.5) is 5.82 Å². The lowest BCUT2D eigenvalue weighted by Gasteiger charge is -2.38. The maximum atomic E-state index is 11.9. The van der Waals surface area contributed by atoms with E-state index >= 15 is 0 Å². The molecule has 0 saturated carbocycles. The third-order valence-electron chi connectivity index (χ3n) is 3.92. The van der Waals surface area contributed by atoms with E-state index in [9.17, 15) is 4.79 Å². The topological polar surface area (TPSA) is 93.6 Å². The van der Waals surface area contributed by atoms with Crippen LogP contribution in [0.1, 0.15) is 25.0 Å². The number of piperidine rings is 1. The monoisotopic (exact) mass is 296 g/mol. The van der Waals surface area contributed by atoms with Crippen LogP contribution in [0.5, 0.6) is 0 Å². The van der Waals surface area contributed by atoms with E-state index < -0.39 is 0 Å². The van der Waals surface area contributed by atoms with Gasteiger partial charge in [-0.1, -0.05) is 5.16 Å². The summed E-state index contributed by atoms with van der Waals surface area (Å²) in [5.74, 6) is 1.08. The average Bonchev–Trinajstić information content (AvgIpc) is 2.90. The van der Waals surface area contributed by atoms with Gasteiger partial charge in [0.05, 0.1) is 6.10 Å². The SMILES string of the molecule is COC1CCN(CCC(=O)Nc2cc(C)on2)C(CN)C1. The highest BCUT2D eigenvalue weighted by atomic mass is 16.5. The van der Waals surface area contributed by atoms with Crippen molar-refractivity contribution in [2.75, 3.05) is 32.1 Å². The summed E-state index contributed by atoms with van der Waals surface area (Å²) in [6.45, 7) is 3.98. The van der Waals surface area contributed by atoms with Crippen molar-refractivity contribution in [1.82, 2.24) is 10.1 Å². The third kappa shape index (κ3) is 4.52. The van der Waals surface area contributed by atoms with Gasteiger partial charge in [-0.2, -0.15) is 0 Å². The van der Waals surface area contributed by atoms with Crippen LogP contribution < -0.4 is 11.1 Å². The first kappa shape index (κ1) is 15.9. The van der Waals surface area contributed by atoms with Crippen LogP contribution in [0.3, 0.4) is 0 Å². The Morgan fingerprint density at radius 3 is 3.10 bits per heavy atom. The number of rotatable bonds is 6. The number of methoxy groups -OCH3 is 1. The molecular weight excluding hydrogens is 272 g/mol. The Kier molecular flexibility index (Phi) is 5.72. The van der Waals surface area contributed by atoms with Gasteiger partial charge in [-0.25, -0.2) is 0 Å². The molecule has 2 rings (SSSR count). The highest BCUT2D eigenvalue weighted by Gasteiger charge is 2.27. The number of nitrogens with two attached hydrogens (primary N) is 1. The molecular formula is C14H24N4O3. The molecule has 118 valence electrons. The summed E-state index contributed by atoms with van der Waals surface area (Å²) >= 11 is 0. The molecule has 0 bridgehead atoms. The maximum Gasteiger partial charge on any atom is 0.226 e. The van der Waals surface area contributed by atoms with Crippen molar-refractivity contribution >= 4 is 11.7 Å². The van der Waals surface area contributed by atoms with Crippen molar-refractivity contribution in [2.24, 2.45) is 5.73 Å². The van der Waals surface area contributed by atoms with Crippen LogP contribution >= 0.6 is 0 Å². The fraction of sp³-hybridized carbons (Fsp3) is 0.714. The molecule has 1 fully saturated rings. The summed E-state index contributed by atoms with van der Waals surface area (Å²) in [5, 5.41) is 6.47. The van der Waals surface area contributed by atoms with Crippen molar-refractivity contribution in [3.63, 3.8) is 0 Å². The number of aromatic nitrogens is 1. The lowest BCUT2D eigenvalue weighted by Crippen LogP contribution is -2.49. The smallest absolute Gasteiger partial charge is 0.226 e. The number of hydrogen-bond acceptors (Lipinski definition) is 6. The van der Waals surface area contributed by atoms with Crippen LogP contribution in [-0.2, 0) is 9.53 Å². The van der Waals surface area contributed by atoms with Crippen LogP contribution in [0.2, 0.25) is 0 Å². The second-order valence-corrected chi connectivity index (χ2v) is 5.43. The molecule has 1 saturated heterocycles. The molecule has 0 aromatic carbocycles. The molecule has 1 amide bonds. The molecule has 1 aliphatic rings. The zero-order valence-electron chi connectivity index (χ0n) is 12.7. The zero-order chi connectivity index (χ0) is 15.2. The summed E-state index contributed by atoms with van der Waals surface area (Å²) < 4.78 is 10.3. The molecule has 7 heteroatoms. The first-order valence-electron chi connectivity index (χ1n) is 7.32. The summed E-state index contributed by atoms with van der Waals surface area (Å²) in [4.78, 5) is 14.2. The molecule has 1 aromatic rings. The second kappa shape index (κ2) is 7.53. The Bertz CT molecular complexity index is 463. The normalized spacial score (nSPS) is 23.2. The third-order valence-corrected chi connectivity index (χ3v) is 3.92. The van der Waals surface area contributed by atoms with Gasteiger partial charge >= 0.3 is 0 Å². The van der Waals surface area contributed by atoms with Crippen LogP contribution in [0.15, 0.2) is 10.6 Å². The lowest BCUT2D eigenvalue weighted by molar-refractivity contribution is -0.116. The van der Waals surface area contributed by atoms with Gasteiger partial charge in [0.1, 0.15) is 5.76 Å². The summed E-state index contributed by atoms with van der Waals surface area (Å²) in [6, 6.07) is 1.98. The van der Waals surface area contributed by atoms with Gasteiger partial charge in [-0.3, -0.25) is 9.69 Å². The standard InChI is InChI=1S/C14H24N4O3/c1-10-7-13(17-21-10)16-14(19)4-6-18-5-3-12(20-2)8-11(18)9-15/h7,11-12H,3-6,8-9,15H2,1-2H3,(H,16,17,19). The van der Waals surface area contributed by atoms with Gasteiger partial charge in [0.2, 0.25) is 5.91 Å². The van der Waals surface area contributed by atoms with E-state index in [2.05, 4.69) is 15.4 Å². The van der Waals surface area contributed by atoms with Crippen molar-refractivity contribution in [1.29, 1.82) is 0 Å². The number of amides is 1. The number of aryl methyl sites for hydroxylation is 1. The average molecular weight is 296 g/mol. The van der Waals surface area contributed by atoms with Gasteiger partial charge < -0.3 is 20.3 Å². The first-order valence-corrected chi connectivity index (χ1v) is 7.32. The highest BCUT2D eigenvalue weighted by Crippen LogP contribution is 2.19. The van der Waals surface area contributed by atoms with Crippen molar-refractivity contribution < 1.29 is 14.1 Å². The molecule has 1 aromatic heterocycles. The molecule has 7 nitrogen and oxygen atoms in total. The number of likely N-dealkylation sites (tertiary alicyclic amines) is 1. The van der Waals surface area contributed by atoms with E-state index in [1.807, 2.05) is 0 Å². The van der Waals surface area contributed by atoms with Crippen molar-refractivity contribution in [3.8, 4) is 0 Å². The number of nitrogens with one attached hydrogen (secondary N) is 1. The lowest BCUT2D eigenvalue weighted by atomic mass is 9.99. The number of carbonyl (C=O) groups excluding carboxylic acids is 1. The quantitative estimate of drug-likeness (QED) is 0.804. The molecule has 1 aliphatic heterocycles. The minimum Gasteiger partial charge on any atom is -0.381 e. The minimum absolute atomic E-state index is 0.0621. The Labute approximate surface area is 124 Å². The maximum absolute atomic E-state index is 11.9. The number of nitrogens with zero attached hydrogens (tertiary/aromatic N) is 2. The molecule has 0 spiro atoms.